The number of rotatable bonds is 6. The van der Waals surface area contributed by atoms with Gasteiger partial charge in [-0.3, -0.25) is 14.8 Å². The van der Waals surface area contributed by atoms with Crippen LogP contribution in [0.5, 0.6) is 0 Å². The van der Waals surface area contributed by atoms with Gasteiger partial charge in [0, 0.05) is 56.7 Å². The second kappa shape index (κ2) is 10.4. The molecule has 1 aromatic heterocycles. The van der Waals surface area contributed by atoms with E-state index in [1.54, 1.807) is 12.1 Å². The Kier molecular flexibility index (Phi) is 7.64. The minimum atomic E-state index is -5.90. The molecule has 0 spiro atoms. The lowest BCUT2D eigenvalue weighted by Crippen LogP contribution is -2.53. The number of halogens is 6. The first-order valence-electron chi connectivity index (χ1n) is 11.8. The second-order valence-electron chi connectivity index (χ2n) is 9.34. The number of nitrogens with zero attached hydrogens (tertiary/aromatic N) is 3. The first-order valence-corrected chi connectivity index (χ1v) is 11.8. The van der Waals surface area contributed by atoms with Crippen LogP contribution in [0.15, 0.2) is 66.9 Å². The maximum atomic E-state index is 13.1. The molecule has 0 saturated carbocycles. The van der Waals surface area contributed by atoms with Crippen molar-refractivity contribution in [3.63, 3.8) is 0 Å². The van der Waals surface area contributed by atoms with Crippen LogP contribution >= 0.6 is 0 Å². The van der Waals surface area contributed by atoms with Crippen molar-refractivity contribution >= 4 is 0 Å². The highest BCUT2D eigenvalue weighted by Gasteiger charge is 2.71. The van der Waals surface area contributed by atoms with Gasteiger partial charge >= 0.3 is 12.4 Å². The monoisotopic (exact) mass is 523 g/mol. The van der Waals surface area contributed by atoms with Crippen LogP contribution in [-0.2, 0) is 18.7 Å². The third kappa shape index (κ3) is 5.97. The van der Waals surface area contributed by atoms with E-state index in [1.165, 1.54) is 5.56 Å². The SMILES string of the molecule is Cc1ccc(CN2CCN(Cc3ccc(-c4ccc(C(O)(C(F)(F)F)C(F)(F)F)cc4)cc3)CC2)cn1. The molecule has 1 fully saturated rings. The minimum absolute atomic E-state index is 0.446. The molecule has 0 aliphatic carbocycles. The van der Waals surface area contributed by atoms with Gasteiger partial charge in [0.15, 0.2) is 0 Å². The van der Waals surface area contributed by atoms with Crippen molar-refractivity contribution in [2.24, 2.45) is 0 Å². The molecule has 0 radical (unpaired) electrons. The van der Waals surface area contributed by atoms with E-state index in [0.717, 1.165) is 62.7 Å². The van der Waals surface area contributed by atoms with Crippen molar-refractivity contribution in [3.05, 3.63) is 89.2 Å². The molecule has 2 heterocycles. The molecule has 0 bridgehead atoms. The molecule has 0 amide bonds. The van der Waals surface area contributed by atoms with E-state index in [0.29, 0.717) is 23.3 Å². The highest BCUT2D eigenvalue weighted by atomic mass is 19.4. The average Bonchev–Trinajstić information content (AvgIpc) is 2.85. The summed E-state index contributed by atoms with van der Waals surface area (Å²) in [5.41, 5.74) is -1.87. The van der Waals surface area contributed by atoms with Crippen LogP contribution in [0.4, 0.5) is 26.3 Å². The van der Waals surface area contributed by atoms with Crippen molar-refractivity contribution in [2.75, 3.05) is 26.2 Å². The molecule has 0 unspecified atom stereocenters. The molecule has 2 aromatic carbocycles. The summed E-state index contributed by atoms with van der Waals surface area (Å²) in [7, 11) is 0. The van der Waals surface area contributed by atoms with E-state index in [1.807, 2.05) is 31.3 Å². The zero-order valence-corrected chi connectivity index (χ0v) is 20.2. The molecule has 1 saturated heterocycles. The zero-order chi connectivity index (χ0) is 26.8. The Bertz CT molecular complexity index is 1150. The van der Waals surface area contributed by atoms with Crippen molar-refractivity contribution in [1.29, 1.82) is 0 Å². The van der Waals surface area contributed by atoms with Crippen molar-refractivity contribution in [1.82, 2.24) is 14.8 Å². The molecule has 1 aliphatic heterocycles. The van der Waals surface area contributed by atoms with Gasteiger partial charge in [0.1, 0.15) is 0 Å². The number of aliphatic hydroxyl groups is 1. The van der Waals surface area contributed by atoms with Crippen LogP contribution in [-0.4, -0.2) is 58.4 Å². The van der Waals surface area contributed by atoms with Gasteiger partial charge in [0.05, 0.1) is 0 Å². The number of hydrogen-bond donors (Lipinski definition) is 1. The summed E-state index contributed by atoms with van der Waals surface area (Å²) in [5, 5.41) is 9.55. The number of pyridine rings is 1. The van der Waals surface area contributed by atoms with Gasteiger partial charge in [0.2, 0.25) is 0 Å². The summed E-state index contributed by atoms with van der Waals surface area (Å²) in [5.74, 6) is 0. The molecular formula is C27H27F6N3O. The summed E-state index contributed by atoms with van der Waals surface area (Å²) >= 11 is 0. The Morgan fingerprint density at radius 3 is 1.54 bits per heavy atom. The molecule has 0 atom stereocenters. The van der Waals surface area contributed by atoms with Gasteiger partial charge < -0.3 is 5.11 Å². The largest absolute Gasteiger partial charge is 0.430 e. The number of alkyl halides is 6. The number of aromatic nitrogens is 1. The van der Waals surface area contributed by atoms with Crippen LogP contribution in [0.3, 0.4) is 0 Å². The van der Waals surface area contributed by atoms with E-state index in [9.17, 15) is 31.4 Å². The van der Waals surface area contributed by atoms with E-state index >= 15 is 0 Å². The molecule has 4 nitrogen and oxygen atoms in total. The topological polar surface area (TPSA) is 39.6 Å². The predicted molar refractivity (Wildman–Crippen MR) is 127 cm³/mol. The fourth-order valence-electron chi connectivity index (χ4n) is 4.41. The number of benzene rings is 2. The van der Waals surface area contributed by atoms with Crippen molar-refractivity contribution in [3.8, 4) is 11.1 Å². The van der Waals surface area contributed by atoms with Gasteiger partial charge in [-0.2, -0.15) is 26.3 Å². The predicted octanol–water partition coefficient (Wildman–Crippen LogP) is 5.69. The summed E-state index contributed by atoms with van der Waals surface area (Å²) in [4.78, 5) is 9.06. The van der Waals surface area contributed by atoms with Crippen LogP contribution in [0, 0.1) is 6.92 Å². The first-order chi connectivity index (χ1) is 17.4. The van der Waals surface area contributed by atoms with Gasteiger partial charge in [0.25, 0.3) is 5.60 Å². The highest BCUT2D eigenvalue weighted by molar-refractivity contribution is 5.64. The standard InChI is InChI=1S/C27H27F6N3O/c1-19-2-3-21(16-34-19)18-36-14-12-35(13-15-36)17-20-4-6-22(7-5-20)23-8-10-24(11-9-23)25(37,26(28,29)30)27(31,32)33/h2-11,16,37H,12-15,17-18H2,1H3. The van der Waals surface area contributed by atoms with Gasteiger partial charge in [-0.1, -0.05) is 54.6 Å². The van der Waals surface area contributed by atoms with Gasteiger partial charge in [-0.15, -0.1) is 0 Å². The maximum absolute atomic E-state index is 13.1. The molecule has 10 heteroatoms. The van der Waals surface area contributed by atoms with Gasteiger partial charge in [-0.05, 0) is 35.2 Å². The lowest BCUT2D eigenvalue weighted by Gasteiger charge is -2.34. The van der Waals surface area contributed by atoms with Gasteiger partial charge in [-0.25, -0.2) is 0 Å². The van der Waals surface area contributed by atoms with Crippen LogP contribution in [0.2, 0.25) is 0 Å². The summed E-state index contributed by atoms with van der Waals surface area (Å²) in [6.45, 7) is 7.23. The van der Waals surface area contributed by atoms with E-state index in [-0.39, 0.29) is 0 Å². The molecule has 198 valence electrons. The molecule has 1 N–H and O–H groups in total. The first kappa shape index (κ1) is 27.1. The van der Waals surface area contributed by atoms with Crippen LogP contribution in [0.25, 0.3) is 11.1 Å². The van der Waals surface area contributed by atoms with Crippen LogP contribution in [0.1, 0.15) is 22.4 Å². The molecule has 3 aromatic rings. The Morgan fingerprint density at radius 1 is 0.676 bits per heavy atom. The van der Waals surface area contributed by atoms with Crippen molar-refractivity contribution in [2.45, 2.75) is 38.0 Å². The maximum Gasteiger partial charge on any atom is 0.430 e. The Labute approximate surface area is 211 Å². The third-order valence-corrected chi connectivity index (χ3v) is 6.66. The fraction of sp³-hybridized carbons (Fsp3) is 0.370. The average molecular weight is 524 g/mol. The highest BCUT2D eigenvalue weighted by Crippen LogP contribution is 2.50. The Hall–Kier alpha value is -2.95. The Morgan fingerprint density at radius 2 is 1.11 bits per heavy atom. The molecule has 37 heavy (non-hydrogen) atoms. The quantitative estimate of drug-likeness (QED) is 0.422. The summed E-state index contributed by atoms with van der Waals surface area (Å²) in [6.07, 6.45) is -9.90. The zero-order valence-electron chi connectivity index (χ0n) is 20.2. The molecule has 1 aliphatic rings. The van der Waals surface area contributed by atoms with E-state index in [4.69, 9.17) is 0 Å². The third-order valence-electron chi connectivity index (χ3n) is 6.66. The normalized spacial score (nSPS) is 16.2. The minimum Gasteiger partial charge on any atom is -0.369 e. The second-order valence-corrected chi connectivity index (χ2v) is 9.34. The number of hydrogen-bond acceptors (Lipinski definition) is 4. The fourth-order valence-corrected chi connectivity index (χ4v) is 4.41. The lowest BCUT2D eigenvalue weighted by molar-refractivity contribution is -0.376. The molecule has 4 rings (SSSR count). The lowest BCUT2D eigenvalue weighted by atomic mass is 9.90. The summed E-state index contributed by atoms with van der Waals surface area (Å²) < 4.78 is 78.6. The number of aryl methyl sites for hydroxylation is 1. The van der Waals surface area contributed by atoms with Crippen LogP contribution < -0.4 is 0 Å². The smallest absolute Gasteiger partial charge is 0.369 e. The van der Waals surface area contributed by atoms with E-state index in [2.05, 4.69) is 20.9 Å². The van der Waals surface area contributed by atoms with E-state index < -0.39 is 23.5 Å². The summed E-state index contributed by atoms with van der Waals surface area (Å²) in [6, 6.07) is 15.1. The Balaban J connectivity index is 1.35. The number of piperazine rings is 1. The van der Waals surface area contributed by atoms with Crippen molar-refractivity contribution < 1.29 is 31.4 Å². The molecular weight excluding hydrogens is 496 g/mol.